The second-order valence-corrected chi connectivity index (χ2v) is 11.5. The van der Waals surface area contributed by atoms with Crippen LogP contribution in [0.1, 0.15) is 61.6 Å². The molecule has 0 bridgehead atoms. The molecule has 1 saturated heterocycles. The van der Waals surface area contributed by atoms with E-state index in [2.05, 4.69) is 28.3 Å². The zero-order valence-electron chi connectivity index (χ0n) is 22.9. The summed E-state index contributed by atoms with van der Waals surface area (Å²) in [5, 5.41) is 5.08. The summed E-state index contributed by atoms with van der Waals surface area (Å²) in [6, 6.07) is 19.0. The number of carbonyl (C=O) groups is 4. The van der Waals surface area contributed by atoms with Gasteiger partial charge in [0.1, 0.15) is 5.60 Å². The number of ether oxygens (including phenoxy) is 2. The number of carbonyl (C=O) groups excluding carboxylic acids is 4. The molecule has 3 amide bonds. The number of thiophene rings is 1. The molecule has 3 aromatic rings. The van der Waals surface area contributed by atoms with Gasteiger partial charge in [-0.3, -0.25) is 25.2 Å². The second-order valence-electron chi connectivity index (χ2n) is 10.5. The number of epoxide rings is 1. The first-order valence-corrected chi connectivity index (χ1v) is 13.9. The van der Waals surface area contributed by atoms with Crippen molar-refractivity contribution in [2.75, 3.05) is 0 Å². The monoisotopic (exact) mass is 563 g/mol. The van der Waals surface area contributed by atoms with Crippen molar-refractivity contribution in [3.05, 3.63) is 82.7 Å². The fraction of sp³-hybridized carbons (Fsp3) is 0.333. The molecule has 210 valence electrons. The molecule has 9 nitrogen and oxygen atoms in total. The number of aryl methyl sites for hydroxylation is 1. The van der Waals surface area contributed by atoms with Gasteiger partial charge in [-0.2, -0.15) is 0 Å². The van der Waals surface area contributed by atoms with Crippen molar-refractivity contribution in [2.45, 2.75) is 64.4 Å². The summed E-state index contributed by atoms with van der Waals surface area (Å²) in [7, 11) is 0. The van der Waals surface area contributed by atoms with Crippen LogP contribution in [-0.2, 0) is 30.3 Å². The van der Waals surface area contributed by atoms with Crippen LogP contribution < -0.4 is 16.2 Å². The Balaban J connectivity index is 1.27. The minimum atomic E-state index is -1.01. The first-order valence-electron chi connectivity index (χ1n) is 13.0. The number of esters is 1. The molecule has 3 atom stereocenters. The van der Waals surface area contributed by atoms with E-state index in [0.717, 1.165) is 16.0 Å². The summed E-state index contributed by atoms with van der Waals surface area (Å²) in [6.07, 6.45) is -1.67. The lowest BCUT2D eigenvalue weighted by Crippen LogP contribution is -2.44. The number of hydrogen-bond donors (Lipinski definition) is 3. The Morgan fingerprint density at radius 1 is 0.975 bits per heavy atom. The first-order chi connectivity index (χ1) is 19.0. The van der Waals surface area contributed by atoms with E-state index in [9.17, 15) is 19.2 Å². The fourth-order valence-electron chi connectivity index (χ4n) is 4.09. The molecule has 0 saturated carbocycles. The predicted molar refractivity (Wildman–Crippen MR) is 151 cm³/mol. The Labute approximate surface area is 237 Å². The lowest BCUT2D eigenvalue weighted by molar-refractivity contribution is -0.156. The van der Waals surface area contributed by atoms with Gasteiger partial charge in [0.2, 0.25) is 5.91 Å². The zero-order valence-corrected chi connectivity index (χ0v) is 23.7. The van der Waals surface area contributed by atoms with Gasteiger partial charge in [0, 0.05) is 16.9 Å². The van der Waals surface area contributed by atoms with Crippen molar-refractivity contribution < 1.29 is 28.7 Å². The Morgan fingerprint density at radius 2 is 1.75 bits per heavy atom. The Hall–Kier alpha value is -4.02. The van der Waals surface area contributed by atoms with E-state index in [4.69, 9.17) is 9.47 Å². The molecule has 10 heteroatoms. The smallest absolute Gasteiger partial charge is 0.339 e. The third-order valence-corrected chi connectivity index (χ3v) is 7.06. The summed E-state index contributed by atoms with van der Waals surface area (Å²) >= 11 is 1.66. The number of nitrogens with one attached hydrogen (secondary N) is 3. The van der Waals surface area contributed by atoms with Crippen molar-refractivity contribution in [1.29, 1.82) is 0 Å². The average molecular weight is 564 g/mol. The van der Waals surface area contributed by atoms with Crippen LogP contribution in [0.15, 0.2) is 66.0 Å². The van der Waals surface area contributed by atoms with Crippen LogP contribution in [-0.4, -0.2) is 41.5 Å². The molecule has 1 aromatic heterocycles. The molecule has 0 spiro atoms. The SMILES string of the molecule is C[C@@H](NC(=O)c1ccccc1CCC(=O)NNC(=O)[C@@H]1O[C@H]1C(=O)OC(C)(C)C)c1cccc(-c2cccs2)c1. The summed E-state index contributed by atoms with van der Waals surface area (Å²) in [5.74, 6) is -1.95. The minimum absolute atomic E-state index is 0.0318. The van der Waals surface area contributed by atoms with E-state index in [1.54, 1.807) is 56.4 Å². The largest absolute Gasteiger partial charge is 0.458 e. The van der Waals surface area contributed by atoms with Crippen LogP contribution in [0, 0.1) is 0 Å². The third kappa shape index (κ3) is 7.77. The number of rotatable bonds is 9. The topological polar surface area (TPSA) is 126 Å². The molecule has 0 radical (unpaired) electrons. The van der Waals surface area contributed by atoms with Crippen LogP contribution in [0.3, 0.4) is 0 Å². The molecule has 1 fully saturated rings. The van der Waals surface area contributed by atoms with E-state index in [-0.39, 0.29) is 24.8 Å². The van der Waals surface area contributed by atoms with Crippen molar-refractivity contribution in [3.8, 4) is 10.4 Å². The van der Waals surface area contributed by atoms with Crippen LogP contribution in [0.25, 0.3) is 10.4 Å². The molecular weight excluding hydrogens is 530 g/mol. The molecule has 4 rings (SSSR count). The molecule has 1 aliphatic rings. The lowest BCUT2D eigenvalue weighted by atomic mass is 10.0. The maximum absolute atomic E-state index is 13.2. The van der Waals surface area contributed by atoms with Gasteiger partial charge < -0.3 is 14.8 Å². The molecule has 3 N–H and O–H groups in total. The summed E-state index contributed by atoms with van der Waals surface area (Å²) in [4.78, 5) is 50.9. The molecule has 0 aliphatic carbocycles. The van der Waals surface area contributed by atoms with Crippen LogP contribution in [0.5, 0.6) is 0 Å². The highest BCUT2D eigenvalue weighted by Crippen LogP contribution is 2.28. The summed E-state index contributed by atoms with van der Waals surface area (Å²) in [6.45, 7) is 7.09. The number of amides is 3. The van der Waals surface area contributed by atoms with Gasteiger partial charge in [0.15, 0.2) is 12.2 Å². The molecule has 1 aliphatic heterocycles. The van der Waals surface area contributed by atoms with Gasteiger partial charge in [0.25, 0.3) is 11.8 Å². The van der Waals surface area contributed by atoms with Gasteiger partial charge in [-0.1, -0.05) is 42.5 Å². The minimum Gasteiger partial charge on any atom is -0.458 e. The summed E-state index contributed by atoms with van der Waals surface area (Å²) < 4.78 is 10.3. The highest BCUT2D eigenvalue weighted by atomic mass is 32.1. The molecule has 2 heterocycles. The standard InChI is InChI=1S/C30H33N3O6S/c1-18(20-10-7-11-21(17-20)23-13-8-16-40-23)31-27(35)22-12-6-5-9-19(22)14-15-24(34)32-33-28(36)25-26(38-25)29(37)39-30(2,3)4/h5-13,16-18,25-26H,14-15H2,1-4H3,(H,31,35)(H,32,34)(H,33,36)/t18-,25-,26-/m1/s1. The summed E-state index contributed by atoms with van der Waals surface area (Å²) in [5.41, 5.74) is 7.18. The van der Waals surface area contributed by atoms with E-state index >= 15 is 0 Å². The molecule has 0 unspecified atom stereocenters. The number of benzene rings is 2. The van der Waals surface area contributed by atoms with Gasteiger partial charge in [-0.25, -0.2) is 4.79 Å². The predicted octanol–water partition coefficient (Wildman–Crippen LogP) is 4.10. The maximum atomic E-state index is 13.2. The maximum Gasteiger partial charge on any atom is 0.339 e. The van der Waals surface area contributed by atoms with E-state index in [1.807, 2.05) is 36.6 Å². The van der Waals surface area contributed by atoms with E-state index in [0.29, 0.717) is 11.1 Å². The van der Waals surface area contributed by atoms with Crippen LogP contribution in [0.2, 0.25) is 0 Å². The van der Waals surface area contributed by atoms with E-state index < -0.39 is 35.6 Å². The van der Waals surface area contributed by atoms with Gasteiger partial charge >= 0.3 is 5.97 Å². The number of hydrogen-bond acceptors (Lipinski definition) is 7. The first kappa shape index (κ1) is 29.0. The Bertz CT molecular complexity index is 1380. The van der Waals surface area contributed by atoms with Crippen LogP contribution in [0.4, 0.5) is 0 Å². The van der Waals surface area contributed by atoms with E-state index in [1.165, 1.54) is 0 Å². The second kappa shape index (κ2) is 12.4. The Morgan fingerprint density at radius 3 is 2.48 bits per heavy atom. The normalized spacial score (nSPS) is 16.9. The molecule has 2 aromatic carbocycles. The highest BCUT2D eigenvalue weighted by molar-refractivity contribution is 7.13. The fourth-order valence-corrected chi connectivity index (χ4v) is 4.81. The quantitative estimate of drug-likeness (QED) is 0.205. The van der Waals surface area contributed by atoms with Crippen molar-refractivity contribution in [2.24, 2.45) is 0 Å². The van der Waals surface area contributed by atoms with Crippen molar-refractivity contribution >= 4 is 35.0 Å². The van der Waals surface area contributed by atoms with Crippen molar-refractivity contribution in [1.82, 2.24) is 16.2 Å². The lowest BCUT2D eigenvalue weighted by Gasteiger charge is -2.18. The number of hydrazine groups is 1. The van der Waals surface area contributed by atoms with Crippen molar-refractivity contribution in [3.63, 3.8) is 0 Å². The third-order valence-electron chi connectivity index (χ3n) is 6.14. The van der Waals surface area contributed by atoms with Gasteiger partial charge in [-0.05, 0) is 74.4 Å². The van der Waals surface area contributed by atoms with Gasteiger partial charge in [-0.15, -0.1) is 11.3 Å². The Kier molecular flexibility index (Phi) is 9.01. The highest BCUT2D eigenvalue weighted by Gasteiger charge is 2.52. The van der Waals surface area contributed by atoms with Crippen LogP contribution >= 0.6 is 11.3 Å². The molecular formula is C30H33N3O6S. The average Bonchev–Trinajstić information content (AvgIpc) is 3.54. The zero-order chi connectivity index (χ0) is 28.9. The molecule has 40 heavy (non-hydrogen) atoms. The van der Waals surface area contributed by atoms with Gasteiger partial charge in [0.05, 0.1) is 6.04 Å².